The molecule has 0 saturated carbocycles. The van der Waals surface area contributed by atoms with Crippen LogP contribution in [0, 0.1) is 12.3 Å². The van der Waals surface area contributed by atoms with Gasteiger partial charge in [-0.25, -0.2) is 0 Å². The number of likely N-dealkylation sites (N-methyl/N-ethyl adjacent to an activating group) is 1. The highest BCUT2D eigenvalue weighted by Gasteiger charge is 2.00. The molecule has 3 nitrogen and oxygen atoms in total. The minimum Gasteiger partial charge on any atom is -0.497 e. The van der Waals surface area contributed by atoms with Crippen molar-refractivity contribution in [1.29, 1.82) is 0 Å². The van der Waals surface area contributed by atoms with E-state index in [9.17, 15) is 0 Å². The van der Waals surface area contributed by atoms with Crippen molar-refractivity contribution in [3.05, 3.63) is 29.8 Å². The Morgan fingerprint density at radius 1 is 1.35 bits per heavy atom. The van der Waals surface area contributed by atoms with E-state index >= 15 is 0 Å². The molecule has 0 radical (unpaired) electrons. The molecule has 0 aromatic heterocycles. The minimum atomic E-state index is 0.635. The van der Waals surface area contributed by atoms with Crippen LogP contribution >= 0.6 is 0 Å². The second-order valence-corrected chi connectivity index (χ2v) is 3.97. The summed E-state index contributed by atoms with van der Waals surface area (Å²) in [5.74, 6) is 3.46. The van der Waals surface area contributed by atoms with E-state index in [0.29, 0.717) is 6.54 Å². The first-order valence-electron chi connectivity index (χ1n) is 5.72. The van der Waals surface area contributed by atoms with Crippen molar-refractivity contribution < 1.29 is 4.74 Å². The van der Waals surface area contributed by atoms with Crippen molar-refractivity contribution in [3.63, 3.8) is 0 Å². The standard InChI is InChI=1S/C14H20N2O/c1-4-9-15-10-11-16(2)12-13-5-7-14(17-3)8-6-13/h1,5-8,15H,9-12H2,2-3H3. The summed E-state index contributed by atoms with van der Waals surface area (Å²) >= 11 is 0. The van der Waals surface area contributed by atoms with Crippen LogP contribution in [0.4, 0.5) is 0 Å². The van der Waals surface area contributed by atoms with Gasteiger partial charge in [-0.05, 0) is 24.7 Å². The van der Waals surface area contributed by atoms with Gasteiger partial charge < -0.3 is 15.0 Å². The molecule has 0 aliphatic rings. The lowest BCUT2D eigenvalue weighted by Gasteiger charge is -2.16. The van der Waals surface area contributed by atoms with Crippen LogP contribution in [0.3, 0.4) is 0 Å². The summed E-state index contributed by atoms with van der Waals surface area (Å²) in [4.78, 5) is 2.26. The third kappa shape index (κ3) is 5.39. The Morgan fingerprint density at radius 3 is 2.65 bits per heavy atom. The molecule has 0 aliphatic carbocycles. The normalized spacial score (nSPS) is 10.2. The summed E-state index contributed by atoms with van der Waals surface area (Å²) in [5, 5.41) is 3.17. The molecule has 0 saturated heterocycles. The zero-order valence-corrected chi connectivity index (χ0v) is 10.6. The molecule has 0 spiro atoms. The van der Waals surface area contributed by atoms with Crippen LogP contribution in [0.2, 0.25) is 0 Å². The Labute approximate surface area is 104 Å². The highest BCUT2D eigenvalue weighted by Crippen LogP contribution is 2.12. The topological polar surface area (TPSA) is 24.5 Å². The van der Waals surface area contributed by atoms with E-state index < -0.39 is 0 Å². The van der Waals surface area contributed by atoms with Crippen molar-refractivity contribution in [1.82, 2.24) is 10.2 Å². The van der Waals surface area contributed by atoms with E-state index in [1.807, 2.05) is 12.1 Å². The number of rotatable bonds is 7. The van der Waals surface area contributed by atoms with Crippen LogP contribution in [0.1, 0.15) is 5.56 Å². The summed E-state index contributed by atoms with van der Waals surface area (Å²) in [6, 6.07) is 8.15. The third-order valence-electron chi connectivity index (χ3n) is 2.51. The number of hydrogen-bond donors (Lipinski definition) is 1. The van der Waals surface area contributed by atoms with Crippen LogP contribution in [-0.4, -0.2) is 38.7 Å². The molecule has 3 heteroatoms. The quantitative estimate of drug-likeness (QED) is 0.567. The van der Waals surface area contributed by atoms with Gasteiger partial charge in [0.25, 0.3) is 0 Å². The molecule has 1 N–H and O–H groups in total. The zero-order valence-electron chi connectivity index (χ0n) is 10.6. The van der Waals surface area contributed by atoms with Gasteiger partial charge in [0.2, 0.25) is 0 Å². The van der Waals surface area contributed by atoms with Gasteiger partial charge in [-0.2, -0.15) is 0 Å². The van der Waals surface area contributed by atoms with Gasteiger partial charge >= 0.3 is 0 Å². The molecular weight excluding hydrogens is 212 g/mol. The first kappa shape index (κ1) is 13.6. The molecule has 0 bridgehead atoms. The molecule has 17 heavy (non-hydrogen) atoms. The zero-order chi connectivity index (χ0) is 12.5. The van der Waals surface area contributed by atoms with Gasteiger partial charge in [0.15, 0.2) is 0 Å². The smallest absolute Gasteiger partial charge is 0.118 e. The number of nitrogens with one attached hydrogen (secondary N) is 1. The van der Waals surface area contributed by atoms with Crippen LogP contribution in [0.25, 0.3) is 0 Å². The molecule has 0 amide bonds. The lowest BCUT2D eigenvalue weighted by Crippen LogP contribution is -2.29. The number of benzene rings is 1. The molecule has 0 heterocycles. The second kappa shape index (κ2) is 7.72. The molecule has 0 fully saturated rings. The fourth-order valence-electron chi connectivity index (χ4n) is 1.55. The van der Waals surface area contributed by atoms with Gasteiger partial charge in [0.1, 0.15) is 5.75 Å². The largest absolute Gasteiger partial charge is 0.497 e. The second-order valence-electron chi connectivity index (χ2n) is 3.97. The summed E-state index contributed by atoms with van der Waals surface area (Å²) < 4.78 is 5.12. The molecule has 92 valence electrons. The summed E-state index contributed by atoms with van der Waals surface area (Å²) in [6.07, 6.45) is 5.16. The van der Waals surface area contributed by atoms with E-state index in [4.69, 9.17) is 11.2 Å². The van der Waals surface area contributed by atoms with Crippen LogP contribution in [0.15, 0.2) is 24.3 Å². The minimum absolute atomic E-state index is 0.635. The molecule has 1 aromatic carbocycles. The van der Waals surface area contributed by atoms with Crippen LogP contribution in [0.5, 0.6) is 5.75 Å². The molecule has 1 rings (SSSR count). The van der Waals surface area contributed by atoms with Crippen molar-refractivity contribution in [2.75, 3.05) is 33.8 Å². The van der Waals surface area contributed by atoms with Gasteiger partial charge in [0, 0.05) is 19.6 Å². The summed E-state index contributed by atoms with van der Waals surface area (Å²) in [5.41, 5.74) is 1.28. The predicted octanol–water partition coefficient (Wildman–Crippen LogP) is 1.35. The predicted molar refractivity (Wildman–Crippen MR) is 71.0 cm³/mol. The van der Waals surface area contributed by atoms with Gasteiger partial charge in [-0.3, -0.25) is 0 Å². The molecule has 0 atom stereocenters. The van der Waals surface area contributed by atoms with Crippen molar-refractivity contribution in [2.24, 2.45) is 0 Å². The fourth-order valence-corrected chi connectivity index (χ4v) is 1.55. The lowest BCUT2D eigenvalue weighted by atomic mass is 10.2. The van der Waals surface area contributed by atoms with E-state index in [0.717, 1.165) is 25.4 Å². The Kier molecular flexibility index (Phi) is 6.16. The van der Waals surface area contributed by atoms with Crippen molar-refractivity contribution >= 4 is 0 Å². The Morgan fingerprint density at radius 2 is 2.06 bits per heavy atom. The van der Waals surface area contributed by atoms with Gasteiger partial charge in [0.05, 0.1) is 13.7 Å². The number of terminal acetylenes is 1. The number of hydrogen-bond acceptors (Lipinski definition) is 3. The highest BCUT2D eigenvalue weighted by atomic mass is 16.5. The Balaban J connectivity index is 2.29. The SMILES string of the molecule is C#CCNCCN(C)Cc1ccc(OC)cc1. The lowest BCUT2D eigenvalue weighted by molar-refractivity contribution is 0.326. The Bertz CT molecular complexity index is 353. The maximum absolute atomic E-state index is 5.16. The maximum atomic E-state index is 5.16. The van der Waals surface area contributed by atoms with E-state index in [1.54, 1.807) is 7.11 Å². The molecule has 0 aliphatic heterocycles. The summed E-state index contributed by atoms with van der Waals surface area (Å²) in [7, 11) is 3.78. The van der Waals surface area contributed by atoms with E-state index in [1.165, 1.54) is 5.56 Å². The summed E-state index contributed by atoms with van der Waals surface area (Å²) in [6.45, 7) is 3.46. The van der Waals surface area contributed by atoms with E-state index in [-0.39, 0.29) is 0 Å². The number of methoxy groups -OCH3 is 1. The van der Waals surface area contributed by atoms with Crippen LogP contribution < -0.4 is 10.1 Å². The average Bonchev–Trinajstić information content (AvgIpc) is 2.36. The first-order chi connectivity index (χ1) is 8.26. The Hall–Kier alpha value is -1.50. The number of ether oxygens (including phenoxy) is 1. The number of nitrogens with zero attached hydrogens (tertiary/aromatic N) is 1. The van der Waals surface area contributed by atoms with Crippen molar-refractivity contribution in [3.8, 4) is 18.1 Å². The average molecular weight is 232 g/mol. The van der Waals surface area contributed by atoms with E-state index in [2.05, 4.69) is 35.3 Å². The third-order valence-corrected chi connectivity index (χ3v) is 2.51. The van der Waals surface area contributed by atoms with Crippen LogP contribution in [-0.2, 0) is 6.54 Å². The van der Waals surface area contributed by atoms with Gasteiger partial charge in [-0.1, -0.05) is 18.1 Å². The fraction of sp³-hybridized carbons (Fsp3) is 0.429. The molecule has 0 unspecified atom stereocenters. The highest BCUT2D eigenvalue weighted by molar-refractivity contribution is 5.26. The first-order valence-corrected chi connectivity index (χ1v) is 5.72. The molecular formula is C14H20N2O. The van der Waals surface area contributed by atoms with Gasteiger partial charge in [-0.15, -0.1) is 6.42 Å². The monoisotopic (exact) mass is 232 g/mol. The molecule has 1 aromatic rings. The van der Waals surface area contributed by atoms with Crippen molar-refractivity contribution in [2.45, 2.75) is 6.54 Å². The maximum Gasteiger partial charge on any atom is 0.118 e.